The van der Waals surface area contributed by atoms with Gasteiger partial charge in [-0.1, -0.05) is 6.92 Å². The highest BCUT2D eigenvalue weighted by Gasteiger charge is 2.12. The number of nitrogens with zero attached hydrogens (tertiary/aromatic N) is 3. The second-order valence-corrected chi connectivity index (χ2v) is 3.73. The molecule has 1 atom stereocenters. The lowest BCUT2D eigenvalue weighted by molar-refractivity contribution is 0.754. The zero-order valence-electron chi connectivity index (χ0n) is 9.28. The first-order chi connectivity index (χ1) is 6.56. The third-order valence-corrected chi connectivity index (χ3v) is 2.22. The molecule has 4 nitrogen and oxygen atoms in total. The third kappa shape index (κ3) is 2.20. The van der Waals surface area contributed by atoms with Crippen LogP contribution in [0, 0.1) is 6.92 Å². The molecule has 2 N–H and O–H groups in total. The van der Waals surface area contributed by atoms with E-state index < -0.39 is 0 Å². The molecule has 0 aliphatic rings. The largest absolute Gasteiger partial charge is 0.362 e. The topological polar surface area (TPSA) is 55.0 Å². The maximum atomic E-state index is 5.64. The highest BCUT2D eigenvalue weighted by atomic mass is 15.2. The Hall–Kier alpha value is -1.16. The molecule has 0 radical (unpaired) electrons. The van der Waals surface area contributed by atoms with Crippen LogP contribution >= 0.6 is 0 Å². The molecule has 0 amide bonds. The van der Waals surface area contributed by atoms with Gasteiger partial charge in [-0.3, -0.25) is 0 Å². The molecule has 0 saturated carbocycles. The van der Waals surface area contributed by atoms with E-state index in [0.29, 0.717) is 12.5 Å². The van der Waals surface area contributed by atoms with Gasteiger partial charge in [-0.25, -0.2) is 9.97 Å². The van der Waals surface area contributed by atoms with Gasteiger partial charge in [0.2, 0.25) is 0 Å². The third-order valence-electron chi connectivity index (χ3n) is 2.22. The molecule has 0 saturated heterocycles. The van der Waals surface area contributed by atoms with Crippen LogP contribution in [0.3, 0.4) is 0 Å². The number of rotatable bonds is 3. The highest BCUT2D eigenvalue weighted by molar-refractivity contribution is 5.46. The predicted octanol–water partition coefficient (Wildman–Crippen LogP) is 0.913. The molecule has 0 aliphatic heterocycles. The van der Waals surface area contributed by atoms with Gasteiger partial charge in [0.25, 0.3) is 0 Å². The molecule has 0 fully saturated rings. The van der Waals surface area contributed by atoms with Crippen LogP contribution in [0.4, 0.5) is 5.82 Å². The van der Waals surface area contributed by atoms with E-state index in [9.17, 15) is 0 Å². The minimum atomic E-state index is 0.299. The van der Waals surface area contributed by atoms with Crippen LogP contribution in [0.5, 0.6) is 0 Å². The minimum absolute atomic E-state index is 0.299. The number of anilines is 1. The van der Waals surface area contributed by atoms with Crippen molar-refractivity contribution in [1.82, 2.24) is 9.97 Å². The first-order valence-corrected chi connectivity index (χ1v) is 4.77. The van der Waals surface area contributed by atoms with Crippen LogP contribution in [0.1, 0.15) is 24.2 Å². The normalized spacial score (nSPS) is 12.6. The summed E-state index contributed by atoms with van der Waals surface area (Å²) in [6.45, 7) is 4.60. The number of aryl methyl sites for hydroxylation is 1. The smallest absolute Gasteiger partial charge is 0.135 e. The van der Waals surface area contributed by atoms with E-state index in [1.54, 1.807) is 0 Å². The van der Waals surface area contributed by atoms with Crippen molar-refractivity contribution in [3.8, 4) is 0 Å². The summed E-state index contributed by atoms with van der Waals surface area (Å²) in [5.41, 5.74) is 6.75. The molecule has 1 unspecified atom stereocenters. The number of hydrogen-bond acceptors (Lipinski definition) is 4. The van der Waals surface area contributed by atoms with Gasteiger partial charge in [0.1, 0.15) is 11.6 Å². The first-order valence-electron chi connectivity index (χ1n) is 4.77. The quantitative estimate of drug-likeness (QED) is 0.777. The number of hydrogen-bond donors (Lipinski definition) is 1. The van der Waals surface area contributed by atoms with Crippen molar-refractivity contribution in [3.05, 3.63) is 17.6 Å². The van der Waals surface area contributed by atoms with Gasteiger partial charge in [-0.05, 0) is 19.4 Å². The molecule has 4 heteroatoms. The molecule has 0 bridgehead atoms. The van der Waals surface area contributed by atoms with Crippen molar-refractivity contribution in [2.45, 2.75) is 19.8 Å². The summed E-state index contributed by atoms with van der Waals surface area (Å²) >= 11 is 0. The van der Waals surface area contributed by atoms with Gasteiger partial charge in [0.15, 0.2) is 0 Å². The fourth-order valence-electron chi connectivity index (χ4n) is 1.30. The monoisotopic (exact) mass is 194 g/mol. The molecular weight excluding hydrogens is 176 g/mol. The zero-order valence-corrected chi connectivity index (χ0v) is 9.28. The summed E-state index contributed by atoms with van der Waals surface area (Å²) < 4.78 is 0. The Morgan fingerprint density at radius 1 is 1.50 bits per heavy atom. The molecule has 14 heavy (non-hydrogen) atoms. The van der Waals surface area contributed by atoms with Crippen LogP contribution in [0.15, 0.2) is 6.20 Å². The Bertz CT molecular complexity index is 309. The molecule has 0 spiro atoms. The highest BCUT2D eigenvalue weighted by Crippen LogP contribution is 2.22. The number of aromatic nitrogens is 2. The fraction of sp³-hybridized carbons (Fsp3) is 0.600. The second-order valence-electron chi connectivity index (χ2n) is 3.73. The van der Waals surface area contributed by atoms with Crippen molar-refractivity contribution in [3.63, 3.8) is 0 Å². The van der Waals surface area contributed by atoms with Gasteiger partial charge < -0.3 is 10.6 Å². The van der Waals surface area contributed by atoms with Crippen molar-refractivity contribution >= 4 is 5.82 Å². The molecule has 1 aromatic heterocycles. The summed E-state index contributed by atoms with van der Waals surface area (Å²) in [5.74, 6) is 2.06. The first kappa shape index (κ1) is 10.9. The minimum Gasteiger partial charge on any atom is -0.362 e. The maximum absolute atomic E-state index is 5.64. The van der Waals surface area contributed by atoms with Crippen molar-refractivity contribution in [2.75, 3.05) is 25.5 Å². The Morgan fingerprint density at radius 2 is 2.14 bits per heavy atom. The van der Waals surface area contributed by atoms with Gasteiger partial charge in [0, 0.05) is 25.9 Å². The van der Waals surface area contributed by atoms with Gasteiger partial charge in [-0.2, -0.15) is 0 Å². The predicted molar refractivity (Wildman–Crippen MR) is 58.6 cm³/mol. The maximum Gasteiger partial charge on any atom is 0.135 e. The molecule has 1 rings (SSSR count). The summed E-state index contributed by atoms with van der Waals surface area (Å²) in [6.07, 6.45) is 1.87. The molecule has 1 aromatic rings. The zero-order chi connectivity index (χ0) is 10.7. The van der Waals surface area contributed by atoms with Crippen LogP contribution in [0.25, 0.3) is 0 Å². The molecule has 0 aliphatic carbocycles. The van der Waals surface area contributed by atoms with Crippen LogP contribution in [-0.4, -0.2) is 30.6 Å². The Kier molecular flexibility index (Phi) is 3.41. The van der Waals surface area contributed by atoms with E-state index in [0.717, 1.165) is 17.2 Å². The Balaban J connectivity index is 3.14. The van der Waals surface area contributed by atoms with E-state index in [1.807, 2.05) is 32.1 Å². The standard InChI is InChI=1S/C10H18N4/c1-7(5-11)9-6-12-8(2)13-10(9)14(3)4/h6-7H,5,11H2,1-4H3. The summed E-state index contributed by atoms with van der Waals surface area (Å²) in [7, 11) is 3.96. The van der Waals surface area contributed by atoms with Crippen LogP contribution in [-0.2, 0) is 0 Å². The van der Waals surface area contributed by atoms with Crippen molar-refractivity contribution < 1.29 is 0 Å². The summed E-state index contributed by atoms with van der Waals surface area (Å²) in [4.78, 5) is 10.6. The number of nitrogens with two attached hydrogens (primary N) is 1. The Morgan fingerprint density at radius 3 is 2.64 bits per heavy atom. The van der Waals surface area contributed by atoms with Crippen molar-refractivity contribution in [2.24, 2.45) is 5.73 Å². The lowest BCUT2D eigenvalue weighted by atomic mass is 10.0. The lowest BCUT2D eigenvalue weighted by Gasteiger charge is -2.19. The van der Waals surface area contributed by atoms with Crippen LogP contribution in [0.2, 0.25) is 0 Å². The summed E-state index contributed by atoms with van der Waals surface area (Å²) in [5, 5.41) is 0. The van der Waals surface area contributed by atoms with E-state index in [-0.39, 0.29) is 0 Å². The summed E-state index contributed by atoms with van der Waals surface area (Å²) in [6, 6.07) is 0. The molecule has 78 valence electrons. The lowest BCUT2D eigenvalue weighted by Crippen LogP contribution is -2.18. The molecular formula is C10H18N4. The molecule has 1 heterocycles. The van der Waals surface area contributed by atoms with Gasteiger partial charge in [0.05, 0.1) is 0 Å². The van der Waals surface area contributed by atoms with Crippen molar-refractivity contribution in [1.29, 1.82) is 0 Å². The average molecular weight is 194 g/mol. The van der Waals surface area contributed by atoms with Crippen LogP contribution < -0.4 is 10.6 Å². The SMILES string of the molecule is Cc1ncc(C(C)CN)c(N(C)C)n1. The van der Waals surface area contributed by atoms with E-state index in [1.165, 1.54) is 0 Å². The van der Waals surface area contributed by atoms with E-state index in [2.05, 4.69) is 16.9 Å². The van der Waals surface area contributed by atoms with Gasteiger partial charge >= 0.3 is 0 Å². The van der Waals surface area contributed by atoms with E-state index in [4.69, 9.17) is 5.73 Å². The Labute approximate surface area is 85.2 Å². The van der Waals surface area contributed by atoms with E-state index >= 15 is 0 Å². The second kappa shape index (κ2) is 4.37. The molecule has 0 aromatic carbocycles. The van der Waals surface area contributed by atoms with Gasteiger partial charge in [-0.15, -0.1) is 0 Å². The average Bonchev–Trinajstić information content (AvgIpc) is 2.16. The fourth-order valence-corrected chi connectivity index (χ4v) is 1.30.